The number of ether oxygens (including phenoxy) is 1. The van der Waals surface area contributed by atoms with Gasteiger partial charge in [-0.3, -0.25) is 0 Å². The quantitative estimate of drug-likeness (QED) is 0.482. The first-order chi connectivity index (χ1) is 9.84. The predicted molar refractivity (Wildman–Crippen MR) is 89.3 cm³/mol. The number of rotatable bonds is 3. The Labute approximate surface area is 130 Å². The van der Waals surface area contributed by atoms with Gasteiger partial charge in [0.25, 0.3) is 0 Å². The van der Waals surface area contributed by atoms with Gasteiger partial charge in [0.2, 0.25) is 0 Å². The fraction of sp³-hybridized carbons (Fsp3) is 0.800. The average Bonchev–Trinajstić information content (AvgIpc) is 2.91. The lowest BCUT2D eigenvalue weighted by Crippen LogP contribution is -2.26. The van der Waals surface area contributed by atoms with Crippen molar-refractivity contribution in [1.29, 1.82) is 0 Å². The van der Waals surface area contributed by atoms with Gasteiger partial charge in [0, 0.05) is 0 Å². The summed E-state index contributed by atoms with van der Waals surface area (Å²) in [5.41, 5.74) is 3.82. The van der Waals surface area contributed by atoms with Crippen LogP contribution in [0.3, 0.4) is 0 Å². The highest BCUT2D eigenvalue weighted by Crippen LogP contribution is 2.61. The van der Waals surface area contributed by atoms with Crippen LogP contribution in [0.2, 0.25) is 0 Å². The lowest BCUT2D eigenvalue weighted by Gasteiger charge is -2.33. The lowest BCUT2D eigenvalue weighted by molar-refractivity contribution is 0.141. The minimum Gasteiger partial charge on any atom is -0.366 e. The second-order valence-electron chi connectivity index (χ2n) is 8.53. The number of allylic oxidation sites excluding steroid dienone is 4. The third-order valence-corrected chi connectivity index (χ3v) is 6.60. The molecule has 2 saturated carbocycles. The van der Waals surface area contributed by atoms with Crippen LogP contribution in [0.15, 0.2) is 23.3 Å². The van der Waals surface area contributed by atoms with E-state index in [0.29, 0.717) is 11.5 Å². The molecule has 0 amide bonds. The Kier molecular flexibility index (Phi) is 3.84. The lowest BCUT2D eigenvalue weighted by atomic mass is 9.72. The molecule has 1 heterocycles. The summed E-state index contributed by atoms with van der Waals surface area (Å²) in [4.78, 5) is 0. The Morgan fingerprint density at radius 3 is 2.57 bits per heavy atom. The average molecular weight is 288 g/mol. The van der Waals surface area contributed by atoms with E-state index < -0.39 is 0 Å². The van der Waals surface area contributed by atoms with Crippen molar-refractivity contribution in [1.82, 2.24) is 0 Å². The van der Waals surface area contributed by atoms with Crippen molar-refractivity contribution in [2.24, 2.45) is 17.3 Å². The van der Waals surface area contributed by atoms with Gasteiger partial charge in [-0.15, -0.1) is 0 Å². The van der Waals surface area contributed by atoms with E-state index >= 15 is 0 Å². The monoisotopic (exact) mass is 288 g/mol. The van der Waals surface area contributed by atoms with Crippen molar-refractivity contribution in [2.45, 2.75) is 84.8 Å². The maximum absolute atomic E-state index is 5.98. The van der Waals surface area contributed by atoms with E-state index in [1.165, 1.54) is 37.7 Å². The zero-order valence-corrected chi connectivity index (χ0v) is 14.5. The van der Waals surface area contributed by atoms with Crippen molar-refractivity contribution < 1.29 is 4.74 Å². The van der Waals surface area contributed by atoms with Crippen LogP contribution in [-0.2, 0) is 4.74 Å². The third kappa shape index (κ3) is 2.86. The largest absolute Gasteiger partial charge is 0.366 e. The predicted octanol–water partition coefficient (Wildman–Crippen LogP) is 5.66. The van der Waals surface area contributed by atoms with Crippen molar-refractivity contribution in [3.63, 3.8) is 0 Å². The second kappa shape index (κ2) is 5.26. The van der Waals surface area contributed by atoms with Crippen LogP contribution in [0.5, 0.6) is 0 Å². The van der Waals surface area contributed by atoms with Gasteiger partial charge in [-0.25, -0.2) is 0 Å². The first kappa shape index (κ1) is 15.3. The minimum atomic E-state index is 0.234. The molecule has 1 heteroatoms. The van der Waals surface area contributed by atoms with Crippen LogP contribution in [0.25, 0.3) is 0 Å². The van der Waals surface area contributed by atoms with E-state index in [1.807, 2.05) is 0 Å². The summed E-state index contributed by atoms with van der Waals surface area (Å²) in [7, 11) is 0. The summed E-state index contributed by atoms with van der Waals surface area (Å²) in [6.07, 6.45) is 13.2. The number of epoxide rings is 1. The Morgan fingerprint density at radius 1 is 1.10 bits per heavy atom. The molecule has 3 rings (SSSR count). The van der Waals surface area contributed by atoms with Gasteiger partial charge in [0.15, 0.2) is 0 Å². The fourth-order valence-electron chi connectivity index (χ4n) is 4.97. The van der Waals surface area contributed by atoms with Gasteiger partial charge in [-0.05, 0) is 83.5 Å². The molecule has 5 atom stereocenters. The SMILES string of the molecule is CC(C)=CCC=C(C)C1CCC2(C)CC3OC3(C)CCC12. The molecule has 5 unspecified atom stereocenters. The zero-order chi connectivity index (χ0) is 15.3. The molecule has 0 N–H and O–H groups in total. The molecule has 118 valence electrons. The second-order valence-corrected chi connectivity index (χ2v) is 8.53. The summed E-state index contributed by atoms with van der Waals surface area (Å²) in [6, 6.07) is 0. The van der Waals surface area contributed by atoms with Crippen molar-refractivity contribution >= 4 is 0 Å². The molecule has 1 saturated heterocycles. The zero-order valence-electron chi connectivity index (χ0n) is 14.5. The highest BCUT2D eigenvalue weighted by atomic mass is 16.6. The van der Waals surface area contributed by atoms with Crippen LogP contribution < -0.4 is 0 Å². The smallest absolute Gasteiger partial charge is 0.0920 e. The van der Waals surface area contributed by atoms with E-state index in [-0.39, 0.29) is 5.60 Å². The highest BCUT2D eigenvalue weighted by Gasteiger charge is 2.60. The molecular weight excluding hydrogens is 256 g/mol. The minimum absolute atomic E-state index is 0.234. The van der Waals surface area contributed by atoms with Crippen LogP contribution in [-0.4, -0.2) is 11.7 Å². The molecule has 2 aliphatic carbocycles. The Bertz CT molecular complexity index is 470. The normalized spacial score (nSPS) is 45.6. The van der Waals surface area contributed by atoms with Crippen LogP contribution in [0.4, 0.5) is 0 Å². The topological polar surface area (TPSA) is 12.5 Å². The summed E-state index contributed by atoms with van der Waals surface area (Å²) < 4.78 is 5.98. The highest BCUT2D eigenvalue weighted by molar-refractivity contribution is 5.17. The molecule has 0 aromatic carbocycles. The molecule has 3 fully saturated rings. The van der Waals surface area contributed by atoms with E-state index in [4.69, 9.17) is 4.74 Å². The van der Waals surface area contributed by atoms with Crippen molar-refractivity contribution in [3.05, 3.63) is 23.3 Å². The first-order valence-corrected chi connectivity index (χ1v) is 8.82. The van der Waals surface area contributed by atoms with Crippen LogP contribution in [0, 0.1) is 17.3 Å². The standard InChI is InChI=1S/C20H32O/c1-14(2)7-6-8-15(3)16-9-11-19(4)13-18-20(5,21-18)12-10-17(16)19/h7-8,16-18H,6,9-13H2,1-5H3. The molecule has 1 nitrogen and oxygen atoms in total. The van der Waals surface area contributed by atoms with Crippen molar-refractivity contribution in [2.75, 3.05) is 0 Å². The van der Waals surface area contributed by atoms with Crippen molar-refractivity contribution in [3.8, 4) is 0 Å². The molecule has 1 aliphatic heterocycles. The van der Waals surface area contributed by atoms with E-state index in [1.54, 1.807) is 5.57 Å². The summed E-state index contributed by atoms with van der Waals surface area (Å²) in [5.74, 6) is 1.70. The van der Waals surface area contributed by atoms with Gasteiger partial charge < -0.3 is 4.74 Å². The summed E-state index contributed by atoms with van der Waals surface area (Å²) in [6.45, 7) is 11.6. The molecule has 0 spiro atoms. The molecule has 0 aromatic rings. The van der Waals surface area contributed by atoms with E-state index in [9.17, 15) is 0 Å². The van der Waals surface area contributed by atoms with Gasteiger partial charge in [-0.2, -0.15) is 0 Å². The van der Waals surface area contributed by atoms with Gasteiger partial charge in [0.1, 0.15) is 0 Å². The molecule has 0 radical (unpaired) electrons. The van der Waals surface area contributed by atoms with Crippen LogP contribution in [0.1, 0.15) is 73.1 Å². The van der Waals surface area contributed by atoms with E-state index in [0.717, 1.165) is 18.3 Å². The first-order valence-electron chi connectivity index (χ1n) is 8.82. The maximum Gasteiger partial charge on any atom is 0.0920 e. The maximum atomic E-state index is 5.98. The number of fused-ring (bicyclic) bond motifs is 2. The van der Waals surface area contributed by atoms with E-state index in [2.05, 4.69) is 46.8 Å². The number of hydrogen-bond donors (Lipinski definition) is 0. The van der Waals surface area contributed by atoms with Crippen LogP contribution >= 0.6 is 0 Å². The molecule has 0 aromatic heterocycles. The summed E-state index contributed by atoms with van der Waals surface area (Å²) in [5, 5.41) is 0. The van der Waals surface area contributed by atoms with Gasteiger partial charge >= 0.3 is 0 Å². The Morgan fingerprint density at radius 2 is 1.86 bits per heavy atom. The Hall–Kier alpha value is -0.560. The number of hydrogen-bond acceptors (Lipinski definition) is 1. The Balaban J connectivity index is 1.72. The molecule has 0 bridgehead atoms. The molecular formula is C20H32O. The van der Waals surface area contributed by atoms with Gasteiger partial charge in [0.05, 0.1) is 11.7 Å². The molecule has 3 aliphatic rings. The molecule has 21 heavy (non-hydrogen) atoms. The van der Waals surface area contributed by atoms with Gasteiger partial charge in [-0.1, -0.05) is 30.2 Å². The fourth-order valence-corrected chi connectivity index (χ4v) is 4.97. The summed E-state index contributed by atoms with van der Waals surface area (Å²) >= 11 is 0. The third-order valence-electron chi connectivity index (χ3n) is 6.60.